The van der Waals surface area contributed by atoms with Crippen molar-refractivity contribution in [3.63, 3.8) is 0 Å². The summed E-state index contributed by atoms with van der Waals surface area (Å²) in [5.41, 5.74) is -0.160. The lowest BCUT2D eigenvalue weighted by Crippen LogP contribution is -2.28. The molecule has 10 heteroatoms. The molecule has 1 saturated heterocycles. The first kappa shape index (κ1) is 18.7. The molecule has 2 aromatic rings. The minimum Gasteiger partial charge on any atom is -0.394 e. The fraction of sp³-hybridized carbons (Fsp3) is 0.562. The predicted molar refractivity (Wildman–Crippen MR) is 85.0 cm³/mol. The summed E-state index contributed by atoms with van der Waals surface area (Å²) in [5, 5.41) is 24.4. The SMILES string of the molecule is OCC(NCc1nnnn1C1CCOCC1)c1ccc(C(F)(F)F)cc1. The summed E-state index contributed by atoms with van der Waals surface area (Å²) in [6.45, 7) is 1.34. The Labute approximate surface area is 148 Å². The lowest BCUT2D eigenvalue weighted by atomic mass is 10.0. The topological polar surface area (TPSA) is 85.1 Å². The van der Waals surface area contributed by atoms with E-state index in [-0.39, 0.29) is 19.2 Å². The van der Waals surface area contributed by atoms with Crippen molar-refractivity contribution in [3.05, 3.63) is 41.2 Å². The van der Waals surface area contributed by atoms with Gasteiger partial charge in [-0.15, -0.1) is 5.10 Å². The van der Waals surface area contributed by atoms with Gasteiger partial charge in [-0.05, 0) is 41.0 Å². The maximum absolute atomic E-state index is 12.7. The van der Waals surface area contributed by atoms with Gasteiger partial charge in [0.15, 0.2) is 5.82 Å². The van der Waals surface area contributed by atoms with Crippen LogP contribution in [0.15, 0.2) is 24.3 Å². The van der Waals surface area contributed by atoms with Crippen LogP contribution in [0.3, 0.4) is 0 Å². The van der Waals surface area contributed by atoms with Crippen LogP contribution in [0.1, 0.15) is 41.9 Å². The van der Waals surface area contributed by atoms with Gasteiger partial charge in [0.2, 0.25) is 0 Å². The molecule has 142 valence electrons. The van der Waals surface area contributed by atoms with Crippen molar-refractivity contribution in [3.8, 4) is 0 Å². The van der Waals surface area contributed by atoms with Gasteiger partial charge in [-0.2, -0.15) is 13.2 Å². The Morgan fingerprint density at radius 3 is 2.54 bits per heavy atom. The van der Waals surface area contributed by atoms with Crippen molar-refractivity contribution in [2.75, 3.05) is 19.8 Å². The molecule has 0 spiro atoms. The zero-order valence-electron chi connectivity index (χ0n) is 14.0. The number of aliphatic hydroxyl groups is 1. The number of rotatable bonds is 6. The highest BCUT2D eigenvalue weighted by atomic mass is 19.4. The normalized spacial score (nSPS) is 17.4. The number of benzene rings is 1. The number of tetrazole rings is 1. The van der Waals surface area contributed by atoms with Crippen molar-refractivity contribution in [2.45, 2.75) is 37.6 Å². The molecule has 1 atom stereocenters. The number of ether oxygens (including phenoxy) is 1. The summed E-state index contributed by atoms with van der Waals surface area (Å²) in [5.74, 6) is 0.613. The van der Waals surface area contributed by atoms with E-state index in [1.807, 2.05) is 0 Å². The van der Waals surface area contributed by atoms with Crippen LogP contribution in [0.4, 0.5) is 13.2 Å². The first-order valence-electron chi connectivity index (χ1n) is 8.35. The molecule has 1 aromatic carbocycles. The lowest BCUT2D eigenvalue weighted by molar-refractivity contribution is -0.137. The maximum atomic E-state index is 12.7. The van der Waals surface area contributed by atoms with Gasteiger partial charge in [0.25, 0.3) is 0 Å². The number of halogens is 3. The van der Waals surface area contributed by atoms with E-state index in [2.05, 4.69) is 20.8 Å². The summed E-state index contributed by atoms with van der Waals surface area (Å²) in [7, 11) is 0. The van der Waals surface area contributed by atoms with E-state index in [1.165, 1.54) is 12.1 Å². The van der Waals surface area contributed by atoms with Crippen LogP contribution in [-0.4, -0.2) is 45.1 Å². The Hall–Kier alpha value is -2.04. The number of hydrogen-bond acceptors (Lipinski definition) is 6. The van der Waals surface area contributed by atoms with Crippen LogP contribution in [0, 0.1) is 0 Å². The van der Waals surface area contributed by atoms with Gasteiger partial charge in [-0.25, -0.2) is 4.68 Å². The fourth-order valence-corrected chi connectivity index (χ4v) is 2.95. The van der Waals surface area contributed by atoms with E-state index in [0.717, 1.165) is 25.0 Å². The van der Waals surface area contributed by atoms with Gasteiger partial charge in [0.1, 0.15) is 0 Å². The summed E-state index contributed by atoms with van der Waals surface area (Å²) < 4.78 is 45.1. The van der Waals surface area contributed by atoms with E-state index >= 15 is 0 Å². The number of aromatic nitrogens is 4. The molecule has 0 radical (unpaired) electrons. The average Bonchev–Trinajstić information content (AvgIpc) is 3.11. The second-order valence-electron chi connectivity index (χ2n) is 6.12. The molecule has 2 heterocycles. The number of aliphatic hydroxyl groups excluding tert-OH is 1. The van der Waals surface area contributed by atoms with Crippen molar-refractivity contribution >= 4 is 0 Å². The van der Waals surface area contributed by atoms with E-state index in [9.17, 15) is 18.3 Å². The maximum Gasteiger partial charge on any atom is 0.416 e. The number of alkyl halides is 3. The molecule has 7 nitrogen and oxygen atoms in total. The fourth-order valence-electron chi connectivity index (χ4n) is 2.95. The van der Waals surface area contributed by atoms with E-state index in [1.54, 1.807) is 4.68 Å². The monoisotopic (exact) mass is 371 g/mol. The quantitative estimate of drug-likeness (QED) is 0.806. The Morgan fingerprint density at radius 1 is 1.23 bits per heavy atom. The third-order valence-corrected chi connectivity index (χ3v) is 4.43. The van der Waals surface area contributed by atoms with Crippen molar-refractivity contribution in [1.29, 1.82) is 0 Å². The highest BCUT2D eigenvalue weighted by molar-refractivity contribution is 5.27. The largest absolute Gasteiger partial charge is 0.416 e. The third-order valence-electron chi connectivity index (χ3n) is 4.43. The molecular weight excluding hydrogens is 351 g/mol. The highest BCUT2D eigenvalue weighted by Gasteiger charge is 2.30. The van der Waals surface area contributed by atoms with Crippen LogP contribution < -0.4 is 5.32 Å². The van der Waals surface area contributed by atoms with Crippen LogP contribution in [0.2, 0.25) is 0 Å². The van der Waals surface area contributed by atoms with Crippen molar-refractivity contribution in [1.82, 2.24) is 25.5 Å². The zero-order chi connectivity index (χ0) is 18.6. The number of nitrogens with one attached hydrogen (secondary N) is 1. The third kappa shape index (κ3) is 4.37. The van der Waals surface area contributed by atoms with Gasteiger partial charge in [0.05, 0.1) is 30.8 Å². The van der Waals surface area contributed by atoms with Crippen molar-refractivity contribution < 1.29 is 23.0 Å². The van der Waals surface area contributed by atoms with Crippen LogP contribution in [-0.2, 0) is 17.5 Å². The summed E-state index contributed by atoms with van der Waals surface area (Å²) in [6.07, 6.45) is -2.74. The summed E-state index contributed by atoms with van der Waals surface area (Å²) in [6, 6.07) is 4.37. The smallest absolute Gasteiger partial charge is 0.394 e. The van der Waals surface area contributed by atoms with Crippen molar-refractivity contribution in [2.24, 2.45) is 0 Å². The van der Waals surface area contributed by atoms with E-state index < -0.39 is 17.8 Å². The molecule has 0 bridgehead atoms. The van der Waals surface area contributed by atoms with Gasteiger partial charge < -0.3 is 15.2 Å². The Bertz CT molecular complexity index is 699. The molecule has 1 aliphatic rings. The Morgan fingerprint density at radius 2 is 1.92 bits per heavy atom. The second-order valence-corrected chi connectivity index (χ2v) is 6.12. The highest BCUT2D eigenvalue weighted by Crippen LogP contribution is 2.30. The molecule has 1 fully saturated rings. The Kier molecular flexibility index (Phi) is 5.84. The molecule has 3 rings (SSSR count). The Balaban J connectivity index is 1.65. The van der Waals surface area contributed by atoms with Gasteiger partial charge in [-0.1, -0.05) is 12.1 Å². The van der Waals surface area contributed by atoms with Crippen LogP contribution in [0.25, 0.3) is 0 Å². The van der Waals surface area contributed by atoms with E-state index in [4.69, 9.17) is 4.74 Å². The molecule has 0 aliphatic carbocycles. The number of hydrogen-bond donors (Lipinski definition) is 2. The second kappa shape index (κ2) is 8.11. The first-order valence-corrected chi connectivity index (χ1v) is 8.35. The molecule has 0 amide bonds. The van der Waals surface area contributed by atoms with Crippen LogP contribution in [0.5, 0.6) is 0 Å². The molecule has 1 unspecified atom stereocenters. The molecular formula is C16H20F3N5O2. The van der Waals surface area contributed by atoms with Gasteiger partial charge in [-0.3, -0.25) is 0 Å². The minimum atomic E-state index is -4.38. The zero-order valence-corrected chi connectivity index (χ0v) is 14.0. The summed E-state index contributed by atoms with van der Waals surface area (Å²) in [4.78, 5) is 0. The lowest BCUT2D eigenvalue weighted by Gasteiger charge is -2.23. The molecule has 1 aliphatic heterocycles. The molecule has 0 saturated carbocycles. The number of nitrogens with zero attached hydrogens (tertiary/aromatic N) is 4. The van der Waals surface area contributed by atoms with Gasteiger partial charge >= 0.3 is 6.18 Å². The average molecular weight is 371 g/mol. The van der Waals surface area contributed by atoms with E-state index in [0.29, 0.717) is 24.6 Å². The minimum absolute atomic E-state index is 0.161. The molecule has 2 N–H and O–H groups in total. The standard InChI is InChI=1S/C16H20F3N5O2/c17-16(18,19)12-3-1-11(2-4-12)14(10-25)20-9-15-21-22-23-24(15)13-5-7-26-8-6-13/h1-4,13-14,20,25H,5-10H2. The first-order chi connectivity index (χ1) is 12.5. The molecule has 1 aromatic heterocycles. The predicted octanol–water partition coefficient (Wildman–Crippen LogP) is 1.87. The molecule has 26 heavy (non-hydrogen) atoms. The van der Waals surface area contributed by atoms with Gasteiger partial charge in [0, 0.05) is 13.2 Å². The van der Waals surface area contributed by atoms with Crippen LogP contribution >= 0.6 is 0 Å². The summed E-state index contributed by atoms with van der Waals surface area (Å²) >= 11 is 0.